The van der Waals surface area contributed by atoms with Gasteiger partial charge in [-0.2, -0.15) is 0 Å². The van der Waals surface area contributed by atoms with Crippen LogP contribution in [0.1, 0.15) is 56.0 Å². The van der Waals surface area contributed by atoms with E-state index in [1.54, 1.807) is 17.0 Å². The van der Waals surface area contributed by atoms with Crippen LogP contribution in [0.3, 0.4) is 0 Å². The molecule has 1 fully saturated rings. The number of anilines is 2. The molecule has 2 aromatic rings. The number of hydrogen-bond acceptors (Lipinski definition) is 3. The van der Waals surface area contributed by atoms with Gasteiger partial charge in [0.2, 0.25) is 5.91 Å². The molecule has 0 aliphatic heterocycles. The van der Waals surface area contributed by atoms with Crippen molar-refractivity contribution in [1.82, 2.24) is 4.90 Å². The largest absolute Gasteiger partial charge is 0.377 e. The number of nitrogens with zero attached hydrogens (tertiary/aromatic N) is 2. The van der Waals surface area contributed by atoms with Crippen molar-refractivity contribution in [3.8, 4) is 0 Å². The molecule has 1 aliphatic rings. The van der Waals surface area contributed by atoms with Crippen LogP contribution in [-0.2, 0) is 11.3 Å². The number of benzene rings is 2. The van der Waals surface area contributed by atoms with Crippen molar-refractivity contribution in [1.29, 1.82) is 0 Å². The van der Waals surface area contributed by atoms with E-state index in [-0.39, 0.29) is 29.7 Å². The number of nitrogens with one attached hydrogen (secondary N) is 1. The molecule has 6 heteroatoms. The summed E-state index contributed by atoms with van der Waals surface area (Å²) in [6, 6.07) is 11.6. The molecule has 0 spiro atoms. The van der Waals surface area contributed by atoms with Crippen molar-refractivity contribution in [3.05, 3.63) is 59.4 Å². The summed E-state index contributed by atoms with van der Waals surface area (Å²) in [4.78, 5) is 29.6. The number of halogens is 1. The van der Waals surface area contributed by atoms with Crippen LogP contribution in [0.2, 0.25) is 0 Å². The van der Waals surface area contributed by atoms with E-state index in [0.717, 1.165) is 36.2 Å². The summed E-state index contributed by atoms with van der Waals surface area (Å²) in [5, 5.41) is 3.03. The Morgan fingerprint density at radius 1 is 1.09 bits per heavy atom. The van der Waals surface area contributed by atoms with Gasteiger partial charge in [-0.3, -0.25) is 9.59 Å². The molecule has 172 valence electrons. The molecule has 0 saturated heterocycles. The molecule has 32 heavy (non-hydrogen) atoms. The van der Waals surface area contributed by atoms with E-state index in [1.165, 1.54) is 12.1 Å². The summed E-state index contributed by atoms with van der Waals surface area (Å²) in [5.41, 5.74) is 2.97. The minimum Gasteiger partial charge on any atom is -0.377 e. The molecule has 2 amide bonds. The SMILES string of the molecule is CC(C)C(C)N(Cc1cc(NC(=O)C2CCC2)ccc1N(C)C)C(=O)c1cccc(F)c1. The predicted octanol–water partition coefficient (Wildman–Crippen LogP) is 5.32. The molecule has 1 aliphatic carbocycles. The maximum atomic E-state index is 13.8. The molecule has 1 N–H and O–H groups in total. The van der Waals surface area contributed by atoms with Crippen molar-refractivity contribution in [2.45, 2.75) is 52.6 Å². The number of hydrogen-bond donors (Lipinski definition) is 1. The molecule has 0 aromatic heterocycles. The Morgan fingerprint density at radius 2 is 1.81 bits per heavy atom. The molecule has 1 unspecified atom stereocenters. The van der Waals surface area contributed by atoms with Crippen molar-refractivity contribution in [3.63, 3.8) is 0 Å². The fourth-order valence-corrected chi connectivity index (χ4v) is 3.87. The molecule has 3 rings (SSSR count). The lowest BCUT2D eigenvalue weighted by Crippen LogP contribution is -2.41. The van der Waals surface area contributed by atoms with E-state index in [4.69, 9.17) is 0 Å². The highest BCUT2D eigenvalue weighted by Crippen LogP contribution is 2.30. The molecule has 0 heterocycles. The molecule has 5 nitrogen and oxygen atoms in total. The quantitative estimate of drug-likeness (QED) is 0.606. The molecule has 0 bridgehead atoms. The van der Waals surface area contributed by atoms with Gasteiger partial charge in [0.1, 0.15) is 5.82 Å². The number of rotatable bonds is 8. The lowest BCUT2D eigenvalue weighted by Gasteiger charge is -2.33. The number of carbonyl (C=O) groups excluding carboxylic acids is 2. The zero-order chi connectivity index (χ0) is 23.4. The minimum atomic E-state index is -0.428. The van der Waals surface area contributed by atoms with Gasteiger partial charge in [0, 0.05) is 49.5 Å². The minimum absolute atomic E-state index is 0.0584. The van der Waals surface area contributed by atoms with E-state index in [1.807, 2.05) is 44.1 Å². The lowest BCUT2D eigenvalue weighted by atomic mass is 9.85. The van der Waals surface area contributed by atoms with Gasteiger partial charge in [0.05, 0.1) is 0 Å². The average Bonchev–Trinajstić information content (AvgIpc) is 2.69. The fourth-order valence-electron chi connectivity index (χ4n) is 3.87. The van der Waals surface area contributed by atoms with Crippen molar-refractivity contribution in [2.75, 3.05) is 24.3 Å². The third kappa shape index (κ3) is 5.47. The van der Waals surface area contributed by atoms with Crippen LogP contribution < -0.4 is 10.2 Å². The van der Waals surface area contributed by atoms with Crippen LogP contribution in [0, 0.1) is 17.7 Å². The first kappa shape index (κ1) is 23.8. The van der Waals surface area contributed by atoms with Crippen LogP contribution in [-0.4, -0.2) is 36.9 Å². The summed E-state index contributed by atoms with van der Waals surface area (Å²) in [7, 11) is 3.91. The lowest BCUT2D eigenvalue weighted by molar-refractivity contribution is -0.122. The van der Waals surface area contributed by atoms with Gasteiger partial charge in [-0.15, -0.1) is 0 Å². The van der Waals surface area contributed by atoms with E-state index in [0.29, 0.717) is 12.1 Å². The summed E-state index contributed by atoms with van der Waals surface area (Å²) in [6.45, 7) is 6.51. The summed E-state index contributed by atoms with van der Waals surface area (Å²) >= 11 is 0. The molecular weight excluding hydrogens is 405 g/mol. The molecule has 0 radical (unpaired) electrons. The molecule has 2 aromatic carbocycles. The Balaban J connectivity index is 1.93. The van der Waals surface area contributed by atoms with Crippen molar-refractivity contribution >= 4 is 23.2 Å². The van der Waals surface area contributed by atoms with Gasteiger partial charge >= 0.3 is 0 Å². The standard InChI is InChI=1S/C26H34FN3O2/c1-17(2)18(3)30(26(32)20-10-7-11-22(27)14-20)16-21-15-23(12-13-24(21)29(4)5)28-25(31)19-8-6-9-19/h7,10-15,17-19H,6,8-9,16H2,1-5H3,(H,28,31). The second kappa shape index (κ2) is 10.2. The van der Waals surface area contributed by atoms with E-state index in [2.05, 4.69) is 19.2 Å². The van der Waals surface area contributed by atoms with Gasteiger partial charge in [-0.1, -0.05) is 26.3 Å². The first-order chi connectivity index (χ1) is 15.2. The topological polar surface area (TPSA) is 52.7 Å². The Labute approximate surface area is 190 Å². The zero-order valence-corrected chi connectivity index (χ0v) is 19.7. The highest BCUT2D eigenvalue weighted by molar-refractivity contribution is 5.95. The van der Waals surface area contributed by atoms with Crippen LogP contribution in [0.4, 0.5) is 15.8 Å². The Morgan fingerprint density at radius 3 is 2.38 bits per heavy atom. The van der Waals surface area contributed by atoms with Gasteiger partial charge in [-0.25, -0.2) is 4.39 Å². The third-order valence-corrected chi connectivity index (χ3v) is 6.43. The van der Waals surface area contributed by atoms with Gasteiger partial charge in [0.15, 0.2) is 0 Å². The fraction of sp³-hybridized carbons (Fsp3) is 0.462. The van der Waals surface area contributed by atoms with Crippen molar-refractivity contribution in [2.24, 2.45) is 11.8 Å². The smallest absolute Gasteiger partial charge is 0.254 e. The summed E-state index contributed by atoms with van der Waals surface area (Å²) in [5.74, 6) is -0.263. The second-order valence-electron chi connectivity index (χ2n) is 9.28. The third-order valence-electron chi connectivity index (χ3n) is 6.43. The van der Waals surface area contributed by atoms with E-state index < -0.39 is 5.82 Å². The number of amides is 2. The maximum absolute atomic E-state index is 13.8. The van der Waals surface area contributed by atoms with Gasteiger partial charge in [-0.05, 0) is 67.6 Å². The Kier molecular flexibility index (Phi) is 7.54. The maximum Gasteiger partial charge on any atom is 0.254 e. The first-order valence-electron chi connectivity index (χ1n) is 11.3. The summed E-state index contributed by atoms with van der Waals surface area (Å²) in [6.07, 6.45) is 2.99. The predicted molar refractivity (Wildman–Crippen MR) is 127 cm³/mol. The zero-order valence-electron chi connectivity index (χ0n) is 19.7. The number of carbonyl (C=O) groups is 2. The second-order valence-corrected chi connectivity index (χ2v) is 9.28. The molecular formula is C26H34FN3O2. The van der Waals surface area contributed by atoms with E-state index >= 15 is 0 Å². The highest BCUT2D eigenvalue weighted by atomic mass is 19.1. The Bertz CT molecular complexity index is 969. The van der Waals surface area contributed by atoms with Crippen LogP contribution in [0.25, 0.3) is 0 Å². The van der Waals surface area contributed by atoms with Crippen LogP contribution in [0.15, 0.2) is 42.5 Å². The molecule has 1 saturated carbocycles. The van der Waals surface area contributed by atoms with Crippen LogP contribution in [0.5, 0.6) is 0 Å². The van der Waals surface area contributed by atoms with Gasteiger partial charge in [0.25, 0.3) is 5.91 Å². The average molecular weight is 440 g/mol. The monoisotopic (exact) mass is 439 g/mol. The Hall–Kier alpha value is -2.89. The summed E-state index contributed by atoms with van der Waals surface area (Å²) < 4.78 is 13.8. The molecule has 1 atom stereocenters. The normalized spacial score (nSPS) is 14.6. The first-order valence-corrected chi connectivity index (χ1v) is 11.3. The highest BCUT2D eigenvalue weighted by Gasteiger charge is 2.27. The van der Waals surface area contributed by atoms with Crippen molar-refractivity contribution < 1.29 is 14.0 Å². The van der Waals surface area contributed by atoms with E-state index in [9.17, 15) is 14.0 Å². The van der Waals surface area contributed by atoms with Crippen LogP contribution >= 0.6 is 0 Å². The van der Waals surface area contributed by atoms with Gasteiger partial charge < -0.3 is 15.1 Å².